The van der Waals surface area contributed by atoms with Crippen LogP contribution in [0.3, 0.4) is 0 Å². The van der Waals surface area contributed by atoms with Gasteiger partial charge in [0.1, 0.15) is 10.7 Å². The topological polar surface area (TPSA) is 34.1 Å². The van der Waals surface area contributed by atoms with Crippen LogP contribution in [0, 0.1) is 0 Å². The molecule has 0 unspecified atom stereocenters. The number of rotatable bonds is 4. The molecule has 0 saturated heterocycles. The van der Waals surface area contributed by atoms with Gasteiger partial charge < -0.3 is 0 Å². The quantitative estimate of drug-likeness (QED) is 0.476. The normalized spacial score (nSPS) is 11.3. The molecule has 0 spiro atoms. The van der Waals surface area contributed by atoms with E-state index >= 15 is 0 Å². The number of thiol groups is 1. The minimum Gasteiger partial charge on any atom is -0.232 e. The molecular weight excluding hydrogens is 136 g/mol. The fourth-order valence-corrected chi connectivity index (χ4v) is 0.824. The summed E-state index contributed by atoms with van der Waals surface area (Å²) in [5.74, 6) is 0.284. The van der Waals surface area contributed by atoms with Gasteiger partial charge in [0, 0.05) is 0 Å². The maximum Gasteiger partial charge on any atom is 0.140 e. The second-order valence-electron chi connectivity index (χ2n) is 1.72. The molecule has 0 N–H and O–H groups in total. The van der Waals surface area contributed by atoms with Crippen LogP contribution in [0.2, 0.25) is 0 Å². The Balaban J connectivity index is 3.19. The first-order valence-electron chi connectivity index (χ1n) is 3.04. The van der Waals surface area contributed by atoms with Crippen molar-refractivity contribution in [2.24, 2.45) is 0 Å². The lowest BCUT2D eigenvalue weighted by Crippen LogP contribution is -1.82. The van der Waals surface area contributed by atoms with Gasteiger partial charge in [-0.1, -0.05) is 19.1 Å². The highest BCUT2D eigenvalue weighted by Gasteiger charge is 1.80. The van der Waals surface area contributed by atoms with Crippen molar-refractivity contribution in [3.8, 4) is 0 Å². The highest BCUT2D eigenvalue weighted by molar-refractivity contribution is 7.72. The van der Waals surface area contributed by atoms with Crippen LogP contribution in [-0.4, -0.2) is 14.2 Å². The summed E-state index contributed by atoms with van der Waals surface area (Å²) in [6.07, 6.45) is 5.51. The van der Waals surface area contributed by atoms with E-state index in [1.165, 1.54) is 0 Å². The van der Waals surface area contributed by atoms with Gasteiger partial charge >= 0.3 is 0 Å². The molecule has 0 aliphatic rings. The van der Waals surface area contributed by atoms with Crippen molar-refractivity contribution in [3.05, 3.63) is 12.2 Å². The predicted octanol–water partition coefficient (Wildman–Crippen LogP) is 0.954. The van der Waals surface area contributed by atoms with Crippen LogP contribution in [-0.2, 0) is 10.7 Å². The second-order valence-corrected chi connectivity index (χ2v) is 2.84. The Kier molecular flexibility index (Phi) is 5.62. The molecule has 0 saturated carbocycles. The summed E-state index contributed by atoms with van der Waals surface area (Å²) in [5, 5.41) is 0. The zero-order valence-electron chi connectivity index (χ0n) is 5.54. The summed E-state index contributed by atoms with van der Waals surface area (Å²) in [5.41, 5.74) is 0. The van der Waals surface area contributed by atoms with Crippen LogP contribution in [0.4, 0.5) is 0 Å². The van der Waals surface area contributed by atoms with Gasteiger partial charge in [0.05, 0.1) is 5.75 Å². The average Bonchev–Trinajstić information content (AvgIpc) is 1.80. The largest absolute Gasteiger partial charge is 0.232 e. The van der Waals surface area contributed by atoms with Gasteiger partial charge in [-0.05, 0) is 12.8 Å². The minimum atomic E-state index is -2.17. The van der Waals surface area contributed by atoms with Gasteiger partial charge in [-0.25, -0.2) is 8.42 Å². The summed E-state index contributed by atoms with van der Waals surface area (Å²) in [6, 6.07) is 0. The van der Waals surface area contributed by atoms with E-state index in [-0.39, 0.29) is 5.75 Å². The molecule has 0 radical (unpaired) electrons. The van der Waals surface area contributed by atoms with E-state index < -0.39 is 10.7 Å². The average molecular weight is 148 g/mol. The molecule has 0 heterocycles. The molecule has 0 aliphatic carbocycles. The fourth-order valence-electron chi connectivity index (χ4n) is 0.464. The van der Waals surface area contributed by atoms with E-state index in [1.54, 1.807) is 0 Å². The maximum atomic E-state index is 9.97. The third-order valence-electron chi connectivity index (χ3n) is 0.881. The van der Waals surface area contributed by atoms with E-state index in [1.807, 2.05) is 19.1 Å². The zero-order chi connectivity index (χ0) is 7.11. The fraction of sp³-hybridized carbons (Fsp3) is 0.667. The third-order valence-corrected chi connectivity index (χ3v) is 1.50. The van der Waals surface area contributed by atoms with Crippen LogP contribution in [0.5, 0.6) is 0 Å². The molecule has 0 aromatic rings. The Morgan fingerprint density at radius 2 is 2.00 bits per heavy atom. The molecule has 0 aromatic heterocycles. The van der Waals surface area contributed by atoms with Crippen LogP contribution in [0.1, 0.15) is 19.8 Å². The Labute approximate surface area is 57.5 Å². The van der Waals surface area contributed by atoms with Crippen LogP contribution in [0.25, 0.3) is 0 Å². The summed E-state index contributed by atoms with van der Waals surface area (Å²) >= 11 is 0. The Hall–Kier alpha value is -0.310. The monoisotopic (exact) mass is 148 g/mol. The van der Waals surface area contributed by atoms with Gasteiger partial charge in [0.15, 0.2) is 0 Å². The first-order chi connectivity index (χ1) is 4.27. The molecule has 54 valence electrons. The Morgan fingerprint density at radius 3 is 2.44 bits per heavy atom. The van der Waals surface area contributed by atoms with Crippen molar-refractivity contribution in [1.82, 2.24) is 0 Å². The molecule has 0 aromatic carbocycles. The molecule has 2 nitrogen and oxygen atoms in total. The van der Waals surface area contributed by atoms with Crippen molar-refractivity contribution < 1.29 is 8.42 Å². The van der Waals surface area contributed by atoms with Crippen molar-refractivity contribution >= 4 is 10.7 Å². The summed E-state index contributed by atoms with van der Waals surface area (Å²) in [6.45, 7) is 2.02. The lowest BCUT2D eigenvalue weighted by Gasteiger charge is -1.80. The van der Waals surface area contributed by atoms with Gasteiger partial charge in [-0.15, -0.1) is 0 Å². The highest BCUT2D eigenvalue weighted by Crippen LogP contribution is 1.85. The van der Waals surface area contributed by atoms with Crippen LogP contribution >= 0.6 is 0 Å². The standard InChI is InChI=1S/C6H12O2S/c1-2-3-4-5-6-9(7)8/h3-4,9H,2,5-6H2,1H3. The summed E-state index contributed by atoms with van der Waals surface area (Å²) in [7, 11) is -2.17. The summed E-state index contributed by atoms with van der Waals surface area (Å²) in [4.78, 5) is 0. The molecule has 0 atom stereocenters. The van der Waals surface area contributed by atoms with E-state index in [0.717, 1.165) is 6.42 Å². The first-order valence-corrected chi connectivity index (χ1v) is 4.40. The van der Waals surface area contributed by atoms with Crippen LogP contribution in [0.15, 0.2) is 12.2 Å². The Bertz CT molecular complexity index is 139. The van der Waals surface area contributed by atoms with Crippen molar-refractivity contribution in [1.29, 1.82) is 0 Å². The number of hydrogen-bond donors (Lipinski definition) is 1. The Morgan fingerprint density at radius 1 is 1.33 bits per heavy atom. The van der Waals surface area contributed by atoms with E-state index in [9.17, 15) is 8.42 Å². The molecule has 9 heavy (non-hydrogen) atoms. The molecule has 3 heteroatoms. The number of hydrogen-bond acceptors (Lipinski definition) is 2. The van der Waals surface area contributed by atoms with Crippen molar-refractivity contribution in [2.45, 2.75) is 19.8 Å². The maximum absolute atomic E-state index is 9.97. The third kappa shape index (κ3) is 7.69. The van der Waals surface area contributed by atoms with E-state index in [0.29, 0.717) is 6.42 Å². The highest BCUT2D eigenvalue weighted by atomic mass is 32.2. The minimum absolute atomic E-state index is 0.284. The van der Waals surface area contributed by atoms with Gasteiger partial charge in [-0.3, -0.25) is 0 Å². The summed E-state index contributed by atoms with van der Waals surface area (Å²) < 4.78 is 19.9. The number of allylic oxidation sites excluding steroid dienone is 2. The second kappa shape index (κ2) is 5.82. The molecular formula is C6H12O2S. The van der Waals surface area contributed by atoms with Gasteiger partial charge in [-0.2, -0.15) is 0 Å². The SMILES string of the molecule is CCC=CCC[SH](=O)=O. The smallest absolute Gasteiger partial charge is 0.140 e. The first kappa shape index (κ1) is 8.69. The molecule has 0 fully saturated rings. The van der Waals surface area contributed by atoms with Crippen LogP contribution < -0.4 is 0 Å². The van der Waals surface area contributed by atoms with Crippen molar-refractivity contribution in [2.75, 3.05) is 5.75 Å². The molecule has 0 aliphatic heterocycles. The zero-order valence-corrected chi connectivity index (χ0v) is 6.43. The van der Waals surface area contributed by atoms with Crippen molar-refractivity contribution in [3.63, 3.8) is 0 Å². The lowest BCUT2D eigenvalue weighted by atomic mass is 10.4. The van der Waals surface area contributed by atoms with Gasteiger partial charge in [0.25, 0.3) is 0 Å². The van der Waals surface area contributed by atoms with Gasteiger partial charge in [0.2, 0.25) is 0 Å². The molecule has 0 bridgehead atoms. The molecule has 0 amide bonds. The molecule has 0 rings (SSSR count). The lowest BCUT2D eigenvalue weighted by molar-refractivity contribution is 0.614. The van der Waals surface area contributed by atoms with E-state index in [2.05, 4.69) is 0 Å². The predicted molar refractivity (Wildman–Crippen MR) is 39.2 cm³/mol. The van der Waals surface area contributed by atoms with E-state index in [4.69, 9.17) is 0 Å².